The summed E-state index contributed by atoms with van der Waals surface area (Å²) in [5.74, 6) is -0.955. The van der Waals surface area contributed by atoms with Gasteiger partial charge in [0.25, 0.3) is 8.32 Å². The van der Waals surface area contributed by atoms with Crippen molar-refractivity contribution in [2.75, 3.05) is 0 Å². The van der Waals surface area contributed by atoms with Gasteiger partial charge in [0.05, 0.1) is 17.9 Å². The van der Waals surface area contributed by atoms with Crippen LogP contribution in [0.4, 0.5) is 0 Å². The lowest BCUT2D eigenvalue weighted by Gasteiger charge is -2.43. The number of aryl methyl sites for hydroxylation is 2. The third-order valence-corrected chi connectivity index (χ3v) is 11.7. The largest absolute Gasteiger partial charge is 0.478 e. The van der Waals surface area contributed by atoms with E-state index in [2.05, 4.69) is 74.4 Å². The Bertz CT molecular complexity index is 1300. The fourth-order valence-corrected chi connectivity index (χ4v) is 9.51. The highest BCUT2D eigenvalue weighted by Gasteiger charge is 2.50. The predicted molar refractivity (Wildman–Crippen MR) is 147 cm³/mol. The second-order valence-corrected chi connectivity index (χ2v) is 14.5. The number of benzene rings is 3. The summed E-state index contributed by atoms with van der Waals surface area (Å²) in [6.07, 6.45) is 1.98. The van der Waals surface area contributed by atoms with Crippen LogP contribution in [0.3, 0.4) is 0 Å². The molecule has 0 spiro atoms. The minimum absolute atomic E-state index is 0.165. The van der Waals surface area contributed by atoms with Crippen LogP contribution < -0.4 is 10.4 Å². The molecule has 0 saturated carbocycles. The van der Waals surface area contributed by atoms with Gasteiger partial charge in [-0.1, -0.05) is 81.4 Å². The van der Waals surface area contributed by atoms with Gasteiger partial charge in [-0.25, -0.2) is 4.79 Å². The number of carboxylic acid groups (broad SMARTS) is 1. The lowest BCUT2D eigenvalue weighted by atomic mass is 10.0. The van der Waals surface area contributed by atoms with Crippen molar-refractivity contribution < 1.29 is 14.3 Å². The third-order valence-electron chi connectivity index (χ3n) is 6.69. The average Bonchev–Trinajstić information content (AvgIpc) is 3.25. The summed E-state index contributed by atoms with van der Waals surface area (Å²) in [6, 6.07) is 26.4. The molecule has 0 aliphatic carbocycles. The van der Waals surface area contributed by atoms with Crippen LogP contribution in [0, 0.1) is 6.92 Å². The van der Waals surface area contributed by atoms with Crippen molar-refractivity contribution in [1.29, 1.82) is 0 Å². The van der Waals surface area contributed by atoms with Gasteiger partial charge in [-0.3, -0.25) is 4.68 Å². The molecule has 4 rings (SSSR count). The van der Waals surface area contributed by atoms with Crippen molar-refractivity contribution in [1.82, 2.24) is 9.78 Å². The fraction of sp³-hybridized carbons (Fsp3) is 0.267. The maximum Gasteiger partial charge on any atom is 0.335 e. The van der Waals surface area contributed by atoms with Crippen LogP contribution in [-0.4, -0.2) is 29.2 Å². The first-order valence-corrected chi connectivity index (χ1v) is 14.2. The minimum atomic E-state index is -2.75. The first kappa shape index (κ1) is 25.6. The number of hydrogen-bond donors (Lipinski definition) is 1. The zero-order valence-electron chi connectivity index (χ0n) is 21.7. The van der Waals surface area contributed by atoms with Crippen LogP contribution in [0.5, 0.6) is 0 Å². The summed E-state index contributed by atoms with van der Waals surface area (Å²) in [7, 11) is -2.75. The number of carboxylic acids is 1. The maximum absolute atomic E-state index is 12.0. The van der Waals surface area contributed by atoms with E-state index in [0.29, 0.717) is 6.61 Å². The summed E-state index contributed by atoms with van der Waals surface area (Å²) in [5, 5.41) is 16.6. The zero-order valence-corrected chi connectivity index (χ0v) is 22.7. The van der Waals surface area contributed by atoms with E-state index < -0.39 is 14.3 Å². The average molecular weight is 499 g/mol. The van der Waals surface area contributed by atoms with Crippen LogP contribution in [0.2, 0.25) is 5.04 Å². The van der Waals surface area contributed by atoms with E-state index in [9.17, 15) is 9.90 Å². The molecule has 0 fully saturated rings. The van der Waals surface area contributed by atoms with Crippen molar-refractivity contribution in [2.24, 2.45) is 0 Å². The molecular formula is C30H34N2O3Si. The Kier molecular flexibility index (Phi) is 7.29. The standard InChI is InChI=1S/C30H34N2O3Si/c1-6-32-20-28(22(2)31-32)24-17-23(18-25(19-24)29(33)34)21-35-36(30(3,4)5,26-13-9-7-10-14-26)27-15-11-8-12-16-27/h7-20H,6,21H2,1-5H3,(H,33,34). The van der Waals surface area contributed by atoms with E-state index in [1.54, 1.807) is 12.1 Å². The van der Waals surface area contributed by atoms with Crippen molar-refractivity contribution in [3.05, 3.63) is 102 Å². The Balaban J connectivity index is 1.82. The lowest BCUT2D eigenvalue weighted by Crippen LogP contribution is -2.66. The van der Waals surface area contributed by atoms with Crippen molar-refractivity contribution in [3.8, 4) is 11.1 Å². The van der Waals surface area contributed by atoms with E-state index >= 15 is 0 Å². The lowest BCUT2D eigenvalue weighted by molar-refractivity contribution is 0.0696. The number of aromatic carboxylic acids is 1. The van der Waals surface area contributed by atoms with Crippen molar-refractivity contribution in [3.63, 3.8) is 0 Å². The van der Waals surface area contributed by atoms with E-state index in [4.69, 9.17) is 4.43 Å². The number of nitrogens with zero attached hydrogens (tertiary/aromatic N) is 2. The van der Waals surface area contributed by atoms with Gasteiger partial charge in [-0.2, -0.15) is 5.10 Å². The molecule has 0 amide bonds. The molecule has 0 radical (unpaired) electrons. The Morgan fingerprint density at radius 2 is 1.56 bits per heavy atom. The van der Waals surface area contributed by atoms with Gasteiger partial charge in [0.15, 0.2) is 0 Å². The molecule has 0 aliphatic rings. The molecule has 3 aromatic carbocycles. The van der Waals surface area contributed by atoms with Gasteiger partial charge < -0.3 is 9.53 Å². The summed E-state index contributed by atoms with van der Waals surface area (Å²) < 4.78 is 8.93. The normalized spacial score (nSPS) is 12.0. The SMILES string of the molecule is CCn1cc(-c2cc(CO[Si](c3ccccc3)(c3ccccc3)C(C)(C)C)cc(C(=O)O)c2)c(C)n1. The molecule has 5 nitrogen and oxygen atoms in total. The van der Waals surface area contributed by atoms with Gasteiger partial charge in [0.1, 0.15) is 0 Å². The van der Waals surface area contributed by atoms with E-state index in [-0.39, 0.29) is 10.6 Å². The minimum Gasteiger partial charge on any atom is -0.478 e. The highest BCUT2D eigenvalue weighted by atomic mass is 28.4. The van der Waals surface area contributed by atoms with Gasteiger partial charge in [-0.15, -0.1) is 0 Å². The van der Waals surface area contributed by atoms with E-state index in [0.717, 1.165) is 28.9 Å². The maximum atomic E-state index is 12.0. The number of rotatable bonds is 8. The number of carbonyl (C=O) groups is 1. The van der Waals surface area contributed by atoms with Crippen LogP contribution in [0.15, 0.2) is 85.1 Å². The fourth-order valence-electron chi connectivity index (χ4n) is 4.97. The molecule has 1 N–H and O–H groups in total. The van der Waals surface area contributed by atoms with Gasteiger partial charge in [-0.05, 0) is 58.6 Å². The van der Waals surface area contributed by atoms with E-state index in [1.165, 1.54) is 10.4 Å². The first-order valence-electron chi connectivity index (χ1n) is 12.3. The zero-order chi connectivity index (χ0) is 25.9. The van der Waals surface area contributed by atoms with Gasteiger partial charge in [0.2, 0.25) is 0 Å². The van der Waals surface area contributed by atoms with Crippen LogP contribution in [0.1, 0.15) is 49.3 Å². The molecule has 0 atom stereocenters. The Morgan fingerprint density at radius 1 is 0.972 bits per heavy atom. The molecule has 1 heterocycles. The molecule has 0 aliphatic heterocycles. The molecule has 0 bridgehead atoms. The summed E-state index contributed by atoms with van der Waals surface area (Å²) in [5.41, 5.74) is 3.73. The van der Waals surface area contributed by atoms with E-state index in [1.807, 2.05) is 42.9 Å². The Labute approximate surface area is 214 Å². The quantitative estimate of drug-likeness (QED) is 0.319. The second kappa shape index (κ2) is 10.2. The molecule has 0 saturated heterocycles. The molecular weight excluding hydrogens is 464 g/mol. The van der Waals surface area contributed by atoms with Gasteiger partial charge in [0, 0.05) is 18.3 Å². The van der Waals surface area contributed by atoms with Crippen LogP contribution in [-0.2, 0) is 17.6 Å². The number of aromatic nitrogens is 2. The molecule has 4 aromatic rings. The van der Waals surface area contributed by atoms with Crippen LogP contribution in [0.25, 0.3) is 11.1 Å². The van der Waals surface area contributed by atoms with Crippen molar-refractivity contribution in [2.45, 2.75) is 52.8 Å². The Hall–Kier alpha value is -3.48. The third kappa shape index (κ3) is 4.92. The highest BCUT2D eigenvalue weighted by Crippen LogP contribution is 2.37. The molecule has 186 valence electrons. The smallest absolute Gasteiger partial charge is 0.335 e. The molecule has 6 heteroatoms. The number of hydrogen-bond acceptors (Lipinski definition) is 3. The summed E-state index contributed by atoms with van der Waals surface area (Å²) in [6.45, 7) is 11.8. The van der Waals surface area contributed by atoms with Crippen LogP contribution >= 0.6 is 0 Å². The Morgan fingerprint density at radius 3 is 2.03 bits per heavy atom. The second-order valence-electron chi connectivity index (χ2n) is 10.2. The summed E-state index contributed by atoms with van der Waals surface area (Å²) >= 11 is 0. The molecule has 36 heavy (non-hydrogen) atoms. The topological polar surface area (TPSA) is 64.3 Å². The summed E-state index contributed by atoms with van der Waals surface area (Å²) in [4.78, 5) is 12.0. The highest BCUT2D eigenvalue weighted by molar-refractivity contribution is 6.99. The molecule has 1 aromatic heterocycles. The first-order chi connectivity index (χ1) is 17.2. The monoisotopic (exact) mass is 498 g/mol. The molecule has 0 unspecified atom stereocenters. The predicted octanol–water partition coefficient (Wildman–Crippen LogP) is 5.65. The van der Waals surface area contributed by atoms with Gasteiger partial charge >= 0.3 is 5.97 Å². The van der Waals surface area contributed by atoms with Crippen molar-refractivity contribution >= 4 is 24.7 Å².